The van der Waals surface area contributed by atoms with E-state index in [2.05, 4.69) is 15.0 Å². The monoisotopic (exact) mass is 413 g/mol. The highest BCUT2D eigenvalue weighted by Gasteiger charge is 2.21. The van der Waals surface area contributed by atoms with E-state index in [9.17, 15) is 15.0 Å². The molecule has 0 spiro atoms. The van der Waals surface area contributed by atoms with Crippen LogP contribution in [0.2, 0.25) is 0 Å². The highest BCUT2D eigenvalue weighted by Crippen LogP contribution is 2.21. The van der Waals surface area contributed by atoms with Crippen molar-refractivity contribution in [3.8, 4) is 5.88 Å². The molecule has 0 aliphatic carbocycles. The minimum atomic E-state index is -0.421. The SMILES string of the molecule is O=C(/C=N/O)c1ccc(OCC2CCCN(Cc3ccc(CO)c(CO)c3)C2)nc1. The van der Waals surface area contributed by atoms with Crippen molar-refractivity contribution in [1.82, 2.24) is 9.88 Å². The number of Topliss-reactive ketones (excluding diaryl/α,β-unsaturated/α-hetero) is 1. The molecule has 0 radical (unpaired) electrons. The number of carbonyl (C=O) groups excluding carboxylic acids is 1. The van der Waals surface area contributed by atoms with Gasteiger partial charge in [0, 0.05) is 36.8 Å². The van der Waals surface area contributed by atoms with Gasteiger partial charge in [0.25, 0.3) is 0 Å². The molecule has 8 nitrogen and oxygen atoms in total. The van der Waals surface area contributed by atoms with Gasteiger partial charge in [-0.05, 0) is 42.1 Å². The van der Waals surface area contributed by atoms with Gasteiger partial charge in [0.15, 0.2) is 0 Å². The third-order valence-corrected chi connectivity index (χ3v) is 5.28. The number of rotatable bonds is 9. The summed E-state index contributed by atoms with van der Waals surface area (Å²) < 4.78 is 5.81. The summed E-state index contributed by atoms with van der Waals surface area (Å²) in [5, 5.41) is 30.0. The number of ether oxygens (including phenoxy) is 1. The first-order chi connectivity index (χ1) is 14.6. The second-order valence-electron chi connectivity index (χ2n) is 7.47. The van der Waals surface area contributed by atoms with Crippen LogP contribution in [0.15, 0.2) is 41.7 Å². The largest absolute Gasteiger partial charge is 0.477 e. The summed E-state index contributed by atoms with van der Waals surface area (Å²) in [5.41, 5.74) is 2.98. The zero-order valence-electron chi connectivity index (χ0n) is 16.8. The topological polar surface area (TPSA) is 115 Å². The maximum atomic E-state index is 11.6. The highest BCUT2D eigenvalue weighted by molar-refractivity contribution is 6.35. The molecule has 1 aromatic carbocycles. The summed E-state index contributed by atoms with van der Waals surface area (Å²) >= 11 is 0. The molecule has 3 N–H and O–H groups in total. The molecule has 2 aromatic rings. The number of hydrogen-bond donors (Lipinski definition) is 3. The first-order valence-corrected chi connectivity index (χ1v) is 9.98. The molecule has 8 heteroatoms. The van der Waals surface area contributed by atoms with E-state index in [1.54, 1.807) is 12.1 Å². The summed E-state index contributed by atoms with van der Waals surface area (Å²) in [4.78, 5) is 18.1. The predicted molar refractivity (Wildman–Crippen MR) is 111 cm³/mol. The number of piperidine rings is 1. The Kier molecular flexibility index (Phi) is 7.89. The Morgan fingerprint density at radius 2 is 2.07 bits per heavy atom. The van der Waals surface area contributed by atoms with Crippen LogP contribution in [-0.2, 0) is 19.8 Å². The summed E-state index contributed by atoms with van der Waals surface area (Å²) in [6, 6.07) is 9.06. The quantitative estimate of drug-likeness (QED) is 0.249. The average Bonchev–Trinajstić information content (AvgIpc) is 2.78. The number of carbonyl (C=O) groups is 1. The second kappa shape index (κ2) is 10.8. The third-order valence-electron chi connectivity index (χ3n) is 5.28. The normalized spacial score (nSPS) is 17.3. The molecule has 0 saturated carbocycles. The number of likely N-dealkylation sites (tertiary alicyclic amines) is 1. The molecule has 2 heterocycles. The van der Waals surface area contributed by atoms with Crippen molar-refractivity contribution in [1.29, 1.82) is 0 Å². The minimum Gasteiger partial charge on any atom is -0.477 e. The Hall–Kier alpha value is -2.81. The van der Waals surface area contributed by atoms with Gasteiger partial charge in [-0.1, -0.05) is 23.4 Å². The summed E-state index contributed by atoms with van der Waals surface area (Å²) in [6.45, 7) is 3.09. The summed E-state index contributed by atoms with van der Waals surface area (Å²) in [6.07, 6.45) is 4.39. The van der Waals surface area contributed by atoms with Gasteiger partial charge in [-0.3, -0.25) is 9.69 Å². The molecule has 1 unspecified atom stereocenters. The van der Waals surface area contributed by atoms with E-state index in [1.807, 2.05) is 18.2 Å². The molecule has 160 valence electrons. The zero-order valence-corrected chi connectivity index (χ0v) is 16.8. The van der Waals surface area contributed by atoms with Crippen LogP contribution in [0.1, 0.15) is 39.9 Å². The molecule has 1 aliphatic heterocycles. The van der Waals surface area contributed by atoms with Crippen LogP contribution in [0.5, 0.6) is 5.88 Å². The molecular weight excluding hydrogens is 386 g/mol. The van der Waals surface area contributed by atoms with Gasteiger partial charge in [0.1, 0.15) is 6.21 Å². The summed E-state index contributed by atoms with van der Waals surface area (Å²) in [7, 11) is 0. The number of ketones is 1. The smallest absolute Gasteiger partial charge is 0.213 e. The number of aliphatic hydroxyl groups is 2. The summed E-state index contributed by atoms with van der Waals surface area (Å²) in [5.74, 6) is 0.407. The first kappa shape index (κ1) is 21.9. The Balaban J connectivity index is 1.52. The maximum absolute atomic E-state index is 11.6. The molecular formula is C22H27N3O5. The number of nitrogens with zero attached hydrogens (tertiary/aromatic N) is 3. The van der Waals surface area contributed by atoms with Crippen LogP contribution in [0, 0.1) is 5.92 Å². The lowest BCUT2D eigenvalue weighted by atomic mass is 9.98. The van der Waals surface area contributed by atoms with E-state index in [0.717, 1.165) is 55.4 Å². The Labute approximate surface area is 175 Å². The number of aromatic nitrogens is 1. The maximum Gasteiger partial charge on any atom is 0.213 e. The van der Waals surface area contributed by atoms with Gasteiger partial charge in [0.2, 0.25) is 11.7 Å². The molecule has 0 amide bonds. The van der Waals surface area contributed by atoms with Crippen molar-refractivity contribution >= 4 is 12.0 Å². The predicted octanol–water partition coefficient (Wildman–Crippen LogP) is 2.00. The van der Waals surface area contributed by atoms with Gasteiger partial charge < -0.3 is 20.2 Å². The molecule has 1 saturated heterocycles. The van der Waals surface area contributed by atoms with E-state index in [-0.39, 0.29) is 13.2 Å². The fourth-order valence-corrected chi connectivity index (χ4v) is 3.71. The lowest BCUT2D eigenvalue weighted by Crippen LogP contribution is -2.37. The molecule has 1 atom stereocenters. The zero-order chi connectivity index (χ0) is 21.3. The van der Waals surface area contributed by atoms with Gasteiger partial charge in [0.05, 0.1) is 19.8 Å². The number of hydrogen-bond acceptors (Lipinski definition) is 8. The van der Waals surface area contributed by atoms with Crippen LogP contribution in [-0.4, -0.2) is 57.0 Å². The lowest BCUT2D eigenvalue weighted by molar-refractivity contribution is 0.106. The van der Waals surface area contributed by atoms with Crippen molar-refractivity contribution in [3.05, 3.63) is 58.8 Å². The van der Waals surface area contributed by atoms with Gasteiger partial charge in [-0.15, -0.1) is 0 Å². The number of aliphatic hydroxyl groups excluding tert-OH is 2. The van der Waals surface area contributed by atoms with Crippen LogP contribution in [0.3, 0.4) is 0 Å². The second-order valence-corrected chi connectivity index (χ2v) is 7.47. The molecule has 3 rings (SSSR count). The van der Waals surface area contributed by atoms with Crippen LogP contribution < -0.4 is 4.74 Å². The highest BCUT2D eigenvalue weighted by atomic mass is 16.5. The van der Waals surface area contributed by atoms with Gasteiger partial charge in [-0.2, -0.15) is 0 Å². The number of benzene rings is 1. The molecule has 30 heavy (non-hydrogen) atoms. The van der Waals surface area contributed by atoms with E-state index < -0.39 is 5.78 Å². The standard InChI is InChI=1S/C22H27N3O5/c26-13-19-4-3-16(8-20(19)14-27)11-25-7-1-2-17(12-25)15-30-22-6-5-18(9-23-22)21(28)10-24-29/h3-6,8-10,17,26-27,29H,1-2,7,11-15H2/b24-10+. The fraction of sp³-hybridized carbons (Fsp3) is 0.409. The molecule has 0 bridgehead atoms. The van der Waals surface area contributed by atoms with Crippen LogP contribution in [0.25, 0.3) is 0 Å². The fourth-order valence-electron chi connectivity index (χ4n) is 3.71. The first-order valence-electron chi connectivity index (χ1n) is 9.98. The van der Waals surface area contributed by atoms with Crippen molar-refractivity contribution in [3.63, 3.8) is 0 Å². The van der Waals surface area contributed by atoms with Crippen molar-refractivity contribution in [2.24, 2.45) is 11.1 Å². The number of oxime groups is 1. The molecule has 1 fully saturated rings. The van der Waals surface area contributed by atoms with E-state index in [0.29, 0.717) is 24.0 Å². The molecule has 1 aromatic heterocycles. The molecule has 1 aliphatic rings. The minimum absolute atomic E-state index is 0.0719. The number of pyridine rings is 1. The van der Waals surface area contributed by atoms with Gasteiger partial charge >= 0.3 is 0 Å². The van der Waals surface area contributed by atoms with E-state index >= 15 is 0 Å². The van der Waals surface area contributed by atoms with Crippen molar-refractivity contribution in [2.75, 3.05) is 19.7 Å². The Bertz CT molecular complexity index is 870. The van der Waals surface area contributed by atoms with Crippen molar-refractivity contribution in [2.45, 2.75) is 32.6 Å². The Morgan fingerprint density at radius 1 is 1.23 bits per heavy atom. The van der Waals surface area contributed by atoms with Crippen LogP contribution >= 0.6 is 0 Å². The van der Waals surface area contributed by atoms with Crippen LogP contribution in [0.4, 0.5) is 0 Å². The lowest BCUT2D eigenvalue weighted by Gasteiger charge is -2.32. The third kappa shape index (κ3) is 5.85. The average molecular weight is 413 g/mol. The Morgan fingerprint density at radius 3 is 2.77 bits per heavy atom. The van der Waals surface area contributed by atoms with Crippen molar-refractivity contribution < 1.29 is 25.0 Å². The van der Waals surface area contributed by atoms with Gasteiger partial charge in [-0.25, -0.2) is 4.98 Å². The van der Waals surface area contributed by atoms with E-state index in [1.165, 1.54) is 6.20 Å². The van der Waals surface area contributed by atoms with E-state index in [4.69, 9.17) is 9.94 Å².